The number of para-hydroxylation sites is 1. The molecule has 20 heavy (non-hydrogen) atoms. The SMILES string of the molecule is CC(CN(CCCN(C)C)c1ccccc1Cl)C(=O)O. The molecule has 1 aromatic carbocycles. The fourth-order valence-electron chi connectivity index (χ4n) is 2.00. The fourth-order valence-corrected chi connectivity index (χ4v) is 2.26. The van der Waals surface area contributed by atoms with E-state index < -0.39 is 11.9 Å². The molecular weight excluding hydrogens is 276 g/mol. The first kappa shape index (κ1) is 16.8. The van der Waals surface area contributed by atoms with Crippen LogP contribution in [0.4, 0.5) is 5.69 Å². The Morgan fingerprint density at radius 3 is 2.50 bits per heavy atom. The fraction of sp³-hybridized carbons (Fsp3) is 0.533. The van der Waals surface area contributed by atoms with Crippen molar-refractivity contribution in [3.05, 3.63) is 29.3 Å². The van der Waals surface area contributed by atoms with Crippen LogP contribution in [-0.2, 0) is 4.79 Å². The van der Waals surface area contributed by atoms with Gasteiger partial charge in [-0.25, -0.2) is 0 Å². The largest absolute Gasteiger partial charge is 0.481 e. The topological polar surface area (TPSA) is 43.8 Å². The molecule has 0 amide bonds. The Kier molecular flexibility index (Phi) is 6.82. The molecule has 0 spiro atoms. The van der Waals surface area contributed by atoms with E-state index in [0.717, 1.165) is 25.2 Å². The normalized spacial score (nSPS) is 12.4. The van der Waals surface area contributed by atoms with Crippen molar-refractivity contribution in [1.29, 1.82) is 0 Å². The molecule has 0 fully saturated rings. The predicted molar refractivity (Wildman–Crippen MR) is 83.6 cm³/mol. The lowest BCUT2D eigenvalue weighted by Crippen LogP contribution is -2.34. The Hall–Kier alpha value is -1.26. The number of carboxylic acid groups (broad SMARTS) is 1. The molecule has 1 rings (SSSR count). The van der Waals surface area contributed by atoms with Crippen molar-refractivity contribution < 1.29 is 9.90 Å². The smallest absolute Gasteiger partial charge is 0.308 e. The molecule has 0 saturated heterocycles. The van der Waals surface area contributed by atoms with E-state index >= 15 is 0 Å². The van der Waals surface area contributed by atoms with Crippen molar-refractivity contribution in [3.63, 3.8) is 0 Å². The molecule has 1 aromatic rings. The van der Waals surface area contributed by atoms with Gasteiger partial charge in [0, 0.05) is 13.1 Å². The minimum absolute atomic E-state index is 0.425. The third kappa shape index (κ3) is 5.39. The minimum Gasteiger partial charge on any atom is -0.481 e. The third-order valence-corrected chi connectivity index (χ3v) is 3.46. The molecule has 4 nitrogen and oxygen atoms in total. The number of aliphatic carboxylic acids is 1. The van der Waals surface area contributed by atoms with Crippen molar-refractivity contribution in [1.82, 2.24) is 4.90 Å². The molecule has 1 N–H and O–H groups in total. The summed E-state index contributed by atoms with van der Waals surface area (Å²) in [6.45, 7) is 3.94. The maximum absolute atomic E-state index is 11.1. The Morgan fingerprint density at radius 2 is 1.95 bits per heavy atom. The molecule has 0 heterocycles. The Bertz CT molecular complexity index is 438. The highest BCUT2D eigenvalue weighted by Gasteiger charge is 2.18. The molecule has 0 aliphatic rings. The number of rotatable bonds is 8. The number of benzene rings is 1. The van der Waals surface area contributed by atoms with Crippen LogP contribution in [0.25, 0.3) is 0 Å². The van der Waals surface area contributed by atoms with Gasteiger partial charge in [-0.15, -0.1) is 0 Å². The molecule has 0 aromatic heterocycles. The zero-order chi connectivity index (χ0) is 15.1. The van der Waals surface area contributed by atoms with Gasteiger partial charge in [-0.3, -0.25) is 4.79 Å². The standard InChI is InChI=1S/C15H23ClN2O2/c1-12(15(19)20)11-18(10-6-9-17(2)3)14-8-5-4-7-13(14)16/h4-5,7-8,12H,6,9-11H2,1-3H3,(H,19,20). The highest BCUT2D eigenvalue weighted by Crippen LogP contribution is 2.26. The predicted octanol–water partition coefficient (Wildman–Crippen LogP) is 2.82. The van der Waals surface area contributed by atoms with Crippen molar-refractivity contribution in [2.75, 3.05) is 38.6 Å². The zero-order valence-corrected chi connectivity index (χ0v) is 13.1. The van der Waals surface area contributed by atoms with Crippen LogP contribution in [0.15, 0.2) is 24.3 Å². The average Bonchev–Trinajstić information content (AvgIpc) is 2.37. The Balaban J connectivity index is 2.78. The van der Waals surface area contributed by atoms with Crippen LogP contribution in [0.2, 0.25) is 5.02 Å². The van der Waals surface area contributed by atoms with Gasteiger partial charge in [0.25, 0.3) is 0 Å². The summed E-state index contributed by atoms with van der Waals surface area (Å²) < 4.78 is 0. The number of nitrogens with zero attached hydrogens (tertiary/aromatic N) is 2. The second-order valence-electron chi connectivity index (χ2n) is 5.29. The lowest BCUT2D eigenvalue weighted by molar-refractivity contribution is -0.140. The van der Waals surface area contributed by atoms with Crippen LogP contribution in [0, 0.1) is 5.92 Å². The van der Waals surface area contributed by atoms with E-state index in [1.54, 1.807) is 6.92 Å². The van der Waals surface area contributed by atoms with Gasteiger partial charge in [-0.2, -0.15) is 0 Å². The number of hydrogen-bond donors (Lipinski definition) is 1. The van der Waals surface area contributed by atoms with Gasteiger partial charge in [-0.1, -0.05) is 30.7 Å². The van der Waals surface area contributed by atoms with Gasteiger partial charge in [0.1, 0.15) is 0 Å². The summed E-state index contributed by atoms with van der Waals surface area (Å²) in [6, 6.07) is 7.57. The van der Waals surface area contributed by atoms with Gasteiger partial charge in [0.2, 0.25) is 0 Å². The first-order chi connectivity index (χ1) is 9.41. The van der Waals surface area contributed by atoms with E-state index in [1.165, 1.54) is 0 Å². The first-order valence-electron chi connectivity index (χ1n) is 6.79. The maximum Gasteiger partial charge on any atom is 0.308 e. The number of anilines is 1. The van der Waals surface area contributed by atoms with Crippen molar-refractivity contribution in [3.8, 4) is 0 Å². The summed E-state index contributed by atoms with van der Waals surface area (Å²) in [6.07, 6.45) is 0.963. The molecule has 5 heteroatoms. The highest BCUT2D eigenvalue weighted by atomic mass is 35.5. The summed E-state index contributed by atoms with van der Waals surface area (Å²) in [5.41, 5.74) is 0.904. The van der Waals surface area contributed by atoms with Crippen LogP contribution in [0.1, 0.15) is 13.3 Å². The summed E-state index contributed by atoms with van der Waals surface area (Å²) in [4.78, 5) is 15.2. The molecule has 1 unspecified atom stereocenters. The van der Waals surface area contributed by atoms with Crippen molar-refractivity contribution in [2.24, 2.45) is 5.92 Å². The highest BCUT2D eigenvalue weighted by molar-refractivity contribution is 6.33. The molecule has 0 aliphatic carbocycles. The molecule has 112 valence electrons. The number of carbonyl (C=O) groups is 1. The van der Waals surface area contributed by atoms with Crippen LogP contribution in [-0.4, -0.2) is 49.7 Å². The summed E-state index contributed by atoms with van der Waals surface area (Å²) in [5, 5.41) is 9.75. The van der Waals surface area contributed by atoms with E-state index in [4.69, 9.17) is 16.7 Å². The third-order valence-electron chi connectivity index (χ3n) is 3.14. The first-order valence-corrected chi connectivity index (χ1v) is 7.16. The van der Waals surface area contributed by atoms with Crippen LogP contribution >= 0.6 is 11.6 Å². The van der Waals surface area contributed by atoms with Crippen LogP contribution in [0.5, 0.6) is 0 Å². The quantitative estimate of drug-likeness (QED) is 0.801. The van der Waals surface area contributed by atoms with E-state index in [1.807, 2.05) is 38.4 Å². The summed E-state index contributed by atoms with van der Waals surface area (Å²) in [5.74, 6) is -1.21. The van der Waals surface area contributed by atoms with Gasteiger partial charge in [0.15, 0.2) is 0 Å². The van der Waals surface area contributed by atoms with E-state index in [-0.39, 0.29) is 0 Å². The summed E-state index contributed by atoms with van der Waals surface area (Å²) >= 11 is 6.22. The molecule has 1 atom stereocenters. The number of halogens is 1. The maximum atomic E-state index is 11.1. The lowest BCUT2D eigenvalue weighted by atomic mass is 10.1. The van der Waals surface area contributed by atoms with Crippen LogP contribution < -0.4 is 4.90 Å². The van der Waals surface area contributed by atoms with Gasteiger partial charge >= 0.3 is 5.97 Å². The van der Waals surface area contributed by atoms with Crippen molar-refractivity contribution in [2.45, 2.75) is 13.3 Å². The number of hydrogen-bond acceptors (Lipinski definition) is 3. The second-order valence-corrected chi connectivity index (χ2v) is 5.70. The Labute approximate surface area is 125 Å². The van der Waals surface area contributed by atoms with E-state index in [2.05, 4.69) is 9.80 Å². The molecular formula is C15H23ClN2O2. The molecule has 0 radical (unpaired) electrons. The second kappa shape index (κ2) is 8.12. The number of carboxylic acids is 1. The van der Waals surface area contributed by atoms with Gasteiger partial charge in [0.05, 0.1) is 16.6 Å². The molecule has 0 bridgehead atoms. The Morgan fingerprint density at radius 1 is 1.30 bits per heavy atom. The average molecular weight is 299 g/mol. The monoisotopic (exact) mass is 298 g/mol. The van der Waals surface area contributed by atoms with E-state index in [0.29, 0.717) is 11.6 Å². The van der Waals surface area contributed by atoms with Crippen LogP contribution in [0.3, 0.4) is 0 Å². The lowest BCUT2D eigenvalue weighted by Gasteiger charge is -2.28. The zero-order valence-electron chi connectivity index (χ0n) is 12.3. The van der Waals surface area contributed by atoms with Crippen molar-refractivity contribution >= 4 is 23.3 Å². The van der Waals surface area contributed by atoms with Gasteiger partial charge in [-0.05, 0) is 39.2 Å². The van der Waals surface area contributed by atoms with E-state index in [9.17, 15) is 4.79 Å². The summed E-state index contributed by atoms with van der Waals surface area (Å²) in [7, 11) is 4.05. The van der Waals surface area contributed by atoms with Gasteiger partial charge < -0.3 is 14.9 Å². The minimum atomic E-state index is -0.783. The molecule has 0 saturated carbocycles. The molecule has 0 aliphatic heterocycles.